The molecule has 1 aromatic carbocycles. The predicted molar refractivity (Wildman–Crippen MR) is 62.1 cm³/mol. The number of carbonyl (C=O) groups is 1. The Kier molecular flexibility index (Phi) is 2.84. The highest BCUT2D eigenvalue weighted by molar-refractivity contribution is 5.98. The summed E-state index contributed by atoms with van der Waals surface area (Å²) in [5, 5.41) is 3.10. The monoisotopic (exact) mass is 231 g/mol. The van der Waals surface area contributed by atoms with Gasteiger partial charge in [0.25, 0.3) is 5.91 Å². The zero-order valence-electron chi connectivity index (χ0n) is 9.21. The highest BCUT2D eigenvalue weighted by Crippen LogP contribution is 2.25. The Bertz CT molecular complexity index is 622. The van der Waals surface area contributed by atoms with Crippen molar-refractivity contribution in [3.63, 3.8) is 0 Å². The highest BCUT2D eigenvalue weighted by Gasteiger charge is 2.17. The normalized spacial score (nSPS) is 10.2. The van der Waals surface area contributed by atoms with E-state index in [1.807, 2.05) is 0 Å². The topological polar surface area (TPSA) is 42.2 Å². The second-order valence-corrected chi connectivity index (χ2v) is 3.58. The average molecular weight is 231 g/mol. The van der Waals surface area contributed by atoms with Crippen molar-refractivity contribution >= 4 is 16.9 Å². The van der Waals surface area contributed by atoms with Gasteiger partial charge in [-0.2, -0.15) is 0 Å². The first-order valence-electron chi connectivity index (χ1n) is 5.04. The molecule has 0 unspecified atom stereocenters. The standard InChI is InChI=1S/C13H10FNO2/c1-3-6-15-13(16)12-8(2)10-7-9(14)4-5-11(10)17-12/h1,4-5,7H,6H2,2H3,(H,15,16). The molecule has 4 heteroatoms. The van der Waals surface area contributed by atoms with Gasteiger partial charge in [-0.3, -0.25) is 4.79 Å². The fraction of sp³-hybridized carbons (Fsp3) is 0.154. The number of carbonyl (C=O) groups excluding carboxylic acids is 1. The summed E-state index contributed by atoms with van der Waals surface area (Å²) >= 11 is 0. The number of furan rings is 1. The van der Waals surface area contributed by atoms with Gasteiger partial charge in [0.1, 0.15) is 11.4 Å². The third kappa shape index (κ3) is 2.00. The molecule has 86 valence electrons. The zero-order chi connectivity index (χ0) is 12.4. The maximum Gasteiger partial charge on any atom is 0.288 e. The molecular weight excluding hydrogens is 221 g/mol. The fourth-order valence-electron chi connectivity index (χ4n) is 1.62. The molecule has 1 heterocycles. The molecular formula is C13H10FNO2. The zero-order valence-corrected chi connectivity index (χ0v) is 9.21. The number of rotatable bonds is 2. The molecule has 0 atom stereocenters. The van der Waals surface area contributed by atoms with Gasteiger partial charge in [-0.25, -0.2) is 4.39 Å². The summed E-state index contributed by atoms with van der Waals surface area (Å²) in [7, 11) is 0. The third-order valence-electron chi connectivity index (χ3n) is 2.46. The van der Waals surface area contributed by atoms with Gasteiger partial charge in [0, 0.05) is 10.9 Å². The SMILES string of the molecule is C#CCNC(=O)c1oc2ccc(F)cc2c1C. The van der Waals surface area contributed by atoms with Crippen molar-refractivity contribution in [1.29, 1.82) is 0 Å². The summed E-state index contributed by atoms with van der Waals surface area (Å²) in [6.07, 6.45) is 5.04. The van der Waals surface area contributed by atoms with Crippen molar-refractivity contribution in [2.45, 2.75) is 6.92 Å². The van der Waals surface area contributed by atoms with Crippen LogP contribution in [0.4, 0.5) is 4.39 Å². The molecule has 0 aliphatic heterocycles. The largest absolute Gasteiger partial charge is 0.451 e. The molecule has 1 N–H and O–H groups in total. The van der Waals surface area contributed by atoms with E-state index in [1.54, 1.807) is 6.92 Å². The maximum absolute atomic E-state index is 13.1. The van der Waals surface area contributed by atoms with Gasteiger partial charge < -0.3 is 9.73 Å². The maximum atomic E-state index is 13.1. The average Bonchev–Trinajstić information content (AvgIpc) is 2.64. The Morgan fingerprint density at radius 1 is 1.59 bits per heavy atom. The quantitative estimate of drug-likeness (QED) is 0.805. The molecule has 0 aliphatic rings. The smallest absolute Gasteiger partial charge is 0.288 e. The van der Waals surface area contributed by atoms with Gasteiger partial charge in [0.05, 0.1) is 6.54 Å². The van der Waals surface area contributed by atoms with E-state index >= 15 is 0 Å². The summed E-state index contributed by atoms with van der Waals surface area (Å²) in [6.45, 7) is 1.83. The third-order valence-corrected chi connectivity index (χ3v) is 2.46. The molecule has 0 bridgehead atoms. The number of amides is 1. The van der Waals surface area contributed by atoms with Crippen LogP contribution in [0.2, 0.25) is 0 Å². The molecule has 2 rings (SSSR count). The van der Waals surface area contributed by atoms with Crippen molar-refractivity contribution in [2.75, 3.05) is 6.54 Å². The number of halogens is 1. The number of hydrogen-bond acceptors (Lipinski definition) is 2. The second-order valence-electron chi connectivity index (χ2n) is 3.58. The van der Waals surface area contributed by atoms with E-state index in [-0.39, 0.29) is 18.1 Å². The van der Waals surface area contributed by atoms with Gasteiger partial charge in [0.2, 0.25) is 0 Å². The van der Waals surface area contributed by atoms with Crippen LogP contribution in [0, 0.1) is 25.1 Å². The molecule has 0 saturated carbocycles. The lowest BCUT2D eigenvalue weighted by Crippen LogP contribution is -2.23. The fourth-order valence-corrected chi connectivity index (χ4v) is 1.62. The Balaban J connectivity index is 2.46. The van der Waals surface area contributed by atoms with E-state index in [1.165, 1.54) is 18.2 Å². The van der Waals surface area contributed by atoms with E-state index < -0.39 is 5.91 Å². The van der Waals surface area contributed by atoms with Gasteiger partial charge >= 0.3 is 0 Å². The van der Waals surface area contributed by atoms with E-state index in [4.69, 9.17) is 10.8 Å². The van der Waals surface area contributed by atoms with Crippen LogP contribution in [0.5, 0.6) is 0 Å². The first-order valence-corrected chi connectivity index (χ1v) is 5.04. The van der Waals surface area contributed by atoms with E-state index in [0.717, 1.165) is 0 Å². The lowest BCUT2D eigenvalue weighted by molar-refractivity contribution is 0.0932. The van der Waals surface area contributed by atoms with Crippen LogP contribution in [-0.4, -0.2) is 12.5 Å². The van der Waals surface area contributed by atoms with Crippen molar-refractivity contribution in [2.24, 2.45) is 0 Å². The number of terminal acetylenes is 1. The Morgan fingerprint density at radius 3 is 3.06 bits per heavy atom. The lowest BCUT2D eigenvalue weighted by Gasteiger charge is -1.97. The van der Waals surface area contributed by atoms with Gasteiger partial charge in [-0.05, 0) is 25.1 Å². The van der Waals surface area contributed by atoms with Crippen molar-refractivity contribution in [3.8, 4) is 12.3 Å². The minimum atomic E-state index is -0.392. The Morgan fingerprint density at radius 2 is 2.35 bits per heavy atom. The molecule has 1 amide bonds. The molecule has 3 nitrogen and oxygen atoms in total. The highest BCUT2D eigenvalue weighted by atomic mass is 19.1. The molecule has 0 fully saturated rings. The summed E-state index contributed by atoms with van der Waals surface area (Å²) in [5.74, 6) is 1.71. The van der Waals surface area contributed by atoms with Gasteiger partial charge in [0.15, 0.2) is 5.76 Å². The Hall–Kier alpha value is -2.28. The summed E-state index contributed by atoms with van der Waals surface area (Å²) in [5.41, 5.74) is 1.09. The number of fused-ring (bicyclic) bond motifs is 1. The van der Waals surface area contributed by atoms with E-state index in [0.29, 0.717) is 16.5 Å². The van der Waals surface area contributed by atoms with Crippen molar-refractivity contribution in [1.82, 2.24) is 5.32 Å². The Labute approximate surface area is 97.6 Å². The van der Waals surface area contributed by atoms with Gasteiger partial charge in [-0.1, -0.05) is 5.92 Å². The molecule has 0 radical (unpaired) electrons. The molecule has 2 aromatic rings. The van der Waals surface area contributed by atoms with E-state index in [2.05, 4.69) is 11.2 Å². The predicted octanol–water partition coefficient (Wildman–Crippen LogP) is 2.24. The van der Waals surface area contributed by atoms with Crippen molar-refractivity contribution in [3.05, 3.63) is 35.3 Å². The van der Waals surface area contributed by atoms with E-state index in [9.17, 15) is 9.18 Å². The lowest BCUT2D eigenvalue weighted by atomic mass is 10.1. The first-order chi connectivity index (χ1) is 8.13. The van der Waals surface area contributed by atoms with Crippen molar-refractivity contribution < 1.29 is 13.6 Å². The summed E-state index contributed by atoms with van der Waals surface area (Å²) < 4.78 is 18.4. The number of hydrogen-bond donors (Lipinski definition) is 1. The van der Waals surface area contributed by atoms with Crippen LogP contribution < -0.4 is 5.32 Å². The summed E-state index contributed by atoms with van der Waals surface area (Å²) in [6, 6.07) is 4.12. The number of benzene rings is 1. The van der Waals surface area contributed by atoms with Crippen LogP contribution in [0.25, 0.3) is 11.0 Å². The minimum absolute atomic E-state index is 0.129. The van der Waals surface area contributed by atoms with Crippen LogP contribution in [-0.2, 0) is 0 Å². The minimum Gasteiger partial charge on any atom is -0.451 e. The molecule has 0 saturated heterocycles. The second kappa shape index (κ2) is 4.30. The van der Waals surface area contributed by atoms with Crippen LogP contribution in [0.1, 0.15) is 16.1 Å². The summed E-state index contributed by atoms with van der Waals surface area (Å²) in [4.78, 5) is 11.7. The van der Waals surface area contributed by atoms with Crippen LogP contribution >= 0.6 is 0 Å². The molecule has 17 heavy (non-hydrogen) atoms. The first kappa shape index (κ1) is 11.2. The molecule has 0 aliphatic carbocycles. The number of nitrogens with one attached hydrogen (secondary N) is 1. The molecule has 0 spiro atoms. The van der Waals surface area contributed by atoms with Crippen LogP contribution in [0.15, 0.2) is 22.6 Å². The van der Waals surface area contributed by atoms with Crippen LogP contribution in [0.3, 0.4) is 0 Å². The van der Waals surface area contributed by atoms with Gasteiger partial charge in [-0.15, -0.1) is 6.42 Å². The molecule has 1 aromatic heterocycles. The number of aryl methyl sites for hydroxylation is 1.